The van der Waals surface area contributed by atoms with Crippen molar-refractivity contribution in [1.29, 1.82) is 0 Å². The monoisotopic (exact) mass is 278 g/mol. The largest absolute Gasteiger partial charge is 0.316 e. The Kier molecular flexibility index (Phi) is 2.82. The lowest BCUT2D eigenvalue weighted by molar-refractivity contribution is 0.454. The van der Waals surface area contributed by atoms with E-state index < -0.39 is 0 Å². The van der Waals surface area contributed by atoms with Crippen molar-refractivity contribution >= 4 is 21.5 Å². The van der Waals surface area contributed by atoms with E-state index in [2.05, 4.69) is 38.4 Å². The highest BCUT2D eigenvalue weighted by Crippen LogP contribution is 2.38. The normalized spacial score (nSPS) is 28.7. The van der Waals surface area contributed by atoms with Crippen LogP contribution >= 0.6 is 15.9 Å². The summed E-state index contributed by atoms with van der Waals surface area (Å²) in [6, 6.07) is 2.18. The molecular weight excluding hydrogens is 264 g/mol. The summed E-state index contributed by atoms with van der Waals surface area (Å²) in [5, 5.41) is 3.51. The van der Waals surface area contributed by atoms with E-state index in [1.54, 1.807) is 0 Å². The molecule has 2 heterocycles. The summed E-state index contributed by atoms with van der Waals surface area (Å²) < 4.78 is 1.07. The number of nitrogens with one attached hydrogen (secondary N) is 1. The van der Waals surface area contributed by atoms with Gasteiger partial charge in [-0.05, 0) is 58.4 Å². The minimum atomic E-state index is 0.699. The van der Waals surface area contributed by atoms with E-state index in [4.69, 9.17) is 0 Å². The van der Waals surface area contributed by atoms with E-state index in [-0.39, 0.29) is 0 Å². The molecule has 2 aliphatic rings. The molecule has 0 spiro atoms. The molecule has 0 aromatic carbocycles. The van der Waals surface area contributed by atoms with E-state index >= 15 is 0 Å². The molecule has 3 heteroatoms. The summed E-state index contributed by atoms with van der Waals surface area (Å²) in [4.78, 5) is 4.27. The Morgan fingerprint density at radius 2 is 2.25 bits per heavy atom. The number of pyridine rings is 1. The van der Waals surface area contributed by atoms with Crippen LogP contribution in [0.3, 0.4) is 0 Å². The second kappa shape index (κ2) is 4.30. The number of nitrogens with zero attached hydrogens (tertiary/aromatic N) is 1. The minimum Gasteiger partial charge on any atom is -0.316 e. The first-order chi connectivity index (χ1) is 7.84. The average Bonchev–Trinajstić information content (AvgIpc) is 2.76. The zero-order valence-corrected chi connectivity index (χ0v) is 10.7. The topological polar surface area (TPSA) is 24.9 Å². The highest BCUT2D eigenvalue weighted by atomic mass is 79.9. The number of aromatic nitrogens is 1. The number of allylic oxidation sites excluding steroid dienone is 1. The van der Waals surface area contributed by atoms with Gasteiger partial charge in [-0.25, -0.2) is 0 Å². The first-order valence-corrected chi connectivity index (χ1v) is 6.65. The van der Waals surface area contributed by atoms with Gasteiger partial charge in [-0.3, -0.25) is 4.98 Å². The van der Waals surface area contributed by atoms with Gasteiger partial charge in [0.05, 0.1) is 0 Å². The Morgan fingerprint density at radius 1 is 1.31 bits per heavy atom. The van der Waals surface area contributed by atoms with Crippen LogP contribution in [0.25, 0.3) is 5.57 Å². The molecule has 2 atom stereocenters. The highest BCUT2D eigenvalue weighted by Gasteiger charge is 2.32. The van der Waals surface area contributed by atoms with Crippen LogP contribution in [0.4, 0.5) is 0 Å². The van der Waals surface area contributed by atoms with Gasteiger partial charge < -0.3 is 5.32 Å². The van der Waals surface area contributed by atoms with E-state index in [1.165, 1.54) is 30.5 Å². The summed E-state index contributed by atoms with van der Waals surface area (Å²) in [7, 11) is 0. The Labute approximate surface area is 104 Å². The van der Waals surface area contributed by atoms with Crippen LogP contribution in [0.5, 0.6) is 0 Å². The van der Waals surface area contributed by atoms with Crippen LogP contribution in [-0.4, -0.2) is 18.1 Å². The van der Waals surface area contributed by atoms with Crippen LogP contribution in [-0.2, 0) is 0 Å². The Morgan fingerprint density at radius 3 is 3.12 bits per heavy atom. The predicted octanol–water partition coefficient (Wildman–Crippen LogP) is 2.86. The average molecular weight is 279 g/mol. The van der Waals surface area contributed by atoms with Gasteiger partial charge in [0, 0.05) is 29.3 Å². The number of fused-ring (bicyclic) bond motifs is 1. The van der Waals surface area contributed by atoms with Crippen molar-refractivity contribution in [3.8, 4) is 0 Å². The van der Waals surface area contributed by atoms with E-state index in [9.17, 15) is 0 Å². The standard InChI is InChI=1S/C13H15BrN2/c14-11-4-10(6-15-7-11)12-3-1-2-9-5-16-8-13(9)12/h3-4,6-7,9,13,16H,1-2,5,8H2. The third kappa shape index (κ3) is 1.82. The SMILES string of the molecule is Brc1cncc(C2=CCCC3CNCC23)c1. The summed E-state index contributed by atoms with van der Waals surface area (Å²) in [6.07, 6.45) is 8.78. The number of halogens is 1. The molecule has 1 N–H and O–H groups in total. The predicted molar refractivity (Wildman–Crippen MR) is 69.0 cm³/mol. The fourth-order valence-corrected chi connectivity index (χ4v) is 3.27. The molecule has 2 unspecified atom stereocenters. The van der Waals surface area contributed by atoms with Crippen LogP contribution in [0, 0.1) is 11.8 Å². The maximum Gasteiger partial charge on any atom is 0.0410 e. The Bertz CT molecular complexity index is 428. The lowest BCUT2D eigenvalue weighted by Gasteiger charge is -2.26. The summed E-state index contributed by atoms with van der Waals surface area (Å²) in [5.74, 6) is 1.53. The maximum atomic E-state index is 4.27. The zero-order valence-electron chi connectivity index (χ0n) is 9.12. The third-order valence-electron chi connectivity index (χ3n) is 3.68. The molecule has 3 rings (SSSR count). The molecule has 0 amide bonds. The lowest BCUT2D eigenvalue weighted by Crippen LogP contribution is -2.17. The highest BCUT2D eigenvalue weighted by molar-refractivity contribution is 9.10. The Balaban J connectivity index is 1.96. The number of hydrogen-bond acceptors (Lipinski definition) is 2. The van der Waals surface area contributed by atoms with Crippen molar-refractivity contribution in [2.24, 2.45) is 11.8 Å². The maximum absolute atomic E-state index is 4.27. The van der Waals surface area contributed by atoms with Gasteiger partial charge in [-0.15, -0.1) is 0 Å². The molecule has 0 bridgehead atoms. The molecule has 0 radical (unpaired) electrons. The van der Waals surface area contributed by atoms with Crippen LogP contribution in [0.15, 0.2) is 29.0 Å². The molecule has 1 saturated heterocycles. The summed E-state index contributed by atoms with van der Waals surface area (Å²) >= 11 is 3.50. The van der Waals surface area contributed by atoms with Crippen LogP contribution < -0.4 is 5.32 Å². The second-order valence-electron chi connectivity index (χ2n) is 4.65. The van der Waals surface area contributed by atoms with E-state index in [0.717, 1.165) is 16.9 Å². The van der Waals surface area contributed by atoms with Crippen LogP contribution in [0.1, 0.15) is 18.4 Å². The first kappa shape index (κ1) is 10.5. The molecule has 2 nitrogen and oxygen atoms in total. The number of hydrogen-bond donors (Lipinski definition) is 1. The van der Waals surface area contributed by atoms with Crippen molar-refractivity contribution in [3.05, 3.63) is 34.6 Å². The summed E-state index contributed by atoms with van der Waals surface area (Å²) in [6.45, 7) is 2.31. The molecule has 1 fully saturated rings. The van der Waals surface area contributed by atoms with Gasteiger partial charge in [-0.1, -0.05) is 6.08 Å². The van der Waals surface area contributed by atoms with Gasteiger partial charge in [0.25, 0.3) is 0 Å². The van der Waals surface area contributed by atoms with Gasteiger partial charge in [0.15, 0.2) is 0 Å². The number of rotatable bonds is 1. The fourth-order valence-electron chi connectivity index (χ4n) is 2.91. The molecular formula is C13H15BrN2. The van der Waals surface area contributed by atoms with Gasteiger partial charge in [0.2, 0.25) is 0 Å². The minimum absolute atomic E-state index is 0.699. The second-order valence-corrected chi connectivity index (χ2v) is 5.57. The molecule has 0 saturated carbocycles. The van der Waals surface area contributed by atoms with Gasteiger partial charge >= 0.3 is 0 Å². The third-order valence-corrected chi connectivity index (χ3v) is 4.11. The van der Waals surface area contributed by atoms with E-state index in [1.807, 2.05) is 12.4 Å². The summed E-state index contributed by atoms with van der Waals surface area (Å²) in [5.41, 5.74) is 2.78. The van der Waals surface area contributed by atoms with Crippen molar-refractivity contribution in [2.75, 3.05) is 13.1 Å². The van der Waals surface area contributed by atoms with Gasteiger partial charge in [-0.2, -0.15) is 0 Å². The van der Waals surface area contributed by atoms with Crippen molar-refractivity contribution in [2.45, 2.75) is 12.8 Å². The molecule has 1 aromatic rings. The van der Waals surface area contributed by atoms with Crippen molar-refractivity contribution in [3.63, 3.8) is 0 Å². The zero-order chi connectivity index (χ0) is 11.0. The smallest absolute Gasteiger partial charge is 0.0410 e. The molecule has 84 valence electrons. The molecule has 1 aromatic heterocycles. The quantitative estimate of drug-likeness (QED) is 0.855. The van der Waals surface area contributed by atoms with Crippen LogP contribution in [0.2, 0.25) is 0 Å². The molecule has 16 heavy (non-hydrogen) atoms. The van der Waals surface area contributed by atoms with E-state index in [0.29, 0.717) is 5.92 Å². The fraction of sp³-hybridized carbons (Fsp3) is 0.462. The lowest BCUT2D eigenvalue weighted by atomic mass is 9.78. The van der Waals surface area contributed by atoms with Crippen molar-refractivity contribution in [1.82, 2.24) is 10.3 Å². The van der Waals surface area contributed by atoms with Gasteiger partial charge in [0.1, 0.15) is 0 Å². The van der Waals surface area contributed by atoms with Crippen molar-refractivity contribution < 1.29 is 0 Å². The Hall–Kier alpha value is -0.670. The first-order valence-electron chi connectivity index (χ1n) is 5.86. The molecule has 1 aliphatic carbocycles. The molecule has 1 aliphatic heterocycles.